The van der Waals surface area contributed by atoms with Gasteiger partial charge in [0, 0.05) is 18.4 Å². The summed E-state index contributed by atoms with van der Waals surface area (Å²) in [5.41, 5.74) is 2.33. The van der Waals surface area contributed by atoms with Crippen LogP contribution in [0.2, 0.25) is 5.02 Å². The van der Waals surface area contributed by atoms with E-state index in [2.05, 4.69) is 60.8 Å². The molecule has 0 radical (unpaired) electrons. The third-order valence-electron chi connectivity index (χ3n) is 3.02. The molecule has 0 amide bonds. The van der Waals surface area contributed by atoms with Crippen molar-refractivity contribution in [2.75, 3.05) is 11.9 Å². The number of benzene rings is 1. The molecule has 0 saturated carbocycles. The maximum atomic E-state index is 6.32. The van der Waals surface area contributed by atoms with Crippen LogP contribution in [-0.2, 0) is 5.33 Å². The van der Waals surface area contributed by atoms with Gasteiger partial charge < -0.3 is 4.90 Å². The van der Waals surface area contributed by atoms with Crippen molar-refractivity contribution >= 4 is 33.2 Å². The Balaban J connectivity index is 2.84. The zero-order valence-electron chi connectivity index (χ0n) is 11.0. The van der Waals surface area contributed by atoms with E-state index in [-0.39, 0.29) is 0 Å². The average Bonchev–Trinajstić information content (AvgIpc) is 2.27. The number of anilines is 1. The molecular weight excluding hydrogens is 298 g/mol. The second-order valence-electron chi connectivity index (χ2n) is 5.01. The summed E-state index contributed by atoms with van der Waals surface area (Å²) in [5.74, 6) is 0.702. The number of alkyl halides is 1. The fourth-order valence-corrected chi connectivity index (χ4v) is 2.68. The molecule has 0 fully saturated rings. The van der Waals surface area contributed by atoms with Crippen molar-refractivity contribution < 1.29 is 0 Å². The molecule has 96 valence electrons. The molecule has 0 aliphatic heterocycles. The Morgan fingerprint density at radius 1 is 1.29 bits per heavy atom. The number of hydrogen-bond donors (Lipinski definition) is 0. The molecule has 0 aromatic heterocycles. The summed E-state index contributed by atoms with van der Waals surface area (Å²) in [5, 5.41) is 1.68. The van der Waals surface area contributed by atoms with Gasteiger partial charge in [-0.2, -0.15) is 0 Å². The zero-order chi connectivity index (χ0) is 13.0. The van der Waals surface area contributed by atoms with E-state index in [4.69, 9.17) is 11.6 Å². The van der Waals surface area contributed by atoms with Crippen molar-refractivity contribution in [2.24, 2.45) is 5.92 Å². The van der Waals surface area contributed by atoms with Crippen LogP contribution in [0.5, 0.6) is 0 Å². The Morgan fingerprint density at radius 3 is 2.41 bits per heavy atom. The molecule has 0 heterocycles. The molecule has 1 atom stereocenters. The molecule has 1 aromatic carbocycles. The minimum Gasteiger partial charge on any atom is -0.371 e. The number of rotatable bonds is 5. The lowest BCUT2D eigenvalue weighted by atomic mass is 10.0. The van der Waals surface area contributed by atoms with E-state index in [1.54, 1.807) is 0 Å². The van der Waals surface area contributed by atoms with Gasteiger partial charge in [-0.25, -0.2) is 0 Å². The van der Waals surface area contributed by atoms with Gasteiger partial charge in [-0.1, -0.05) is 47.4 Å². The van der Waals surface area contributed by atoms with E-state index >= 15 is 0 Å². The van der Waals surface area contributed by atoms with E-state index in [0.717, 1.165) is 16.0 Å². The number of nitrogens with zero attached hydrogens (tertiary/aromatic N) is 1. The summed E-state index contributed by atoms with van der Waals surface area (Å²) in [4.78, 5) is 2.26. The van der Waals surface area contributed by atoms with Crippen LogP contribution in [0.3, 0.4) is 0 Å². The highest BCUT2D eigenvalue weighted by atomic mass is 79.9. The average molecular weight is 319 g/mol. The maximum Gasteiger partial charge on any atom is 0.0642 e. The first-order chi connectivity index (χ1) is 7.95. The van der Waals surface area contributed by atoms with Crippen molar-refractivity contribution in [1.82, 2.24) is 0 Å². The van der Waals surface area contributed by atoms with E-state index in [1.807, 2.05) is 6.07 Å². The summed E-state index contributed by atoms with van der Waals surface area (Å²) >= 11 is 9.76. The van der Waals surface area contributed by atoms with Crippen LogP contribution in [0, 0.1) is 5.92 Å². The minimum absolute atomic E-state index is 0.502. The Morgan fingerprint density at radius 2 is 1.94 bits per heavy atom. The molecule has 1 nitrogen and oxygen atoms in total. The van der Waals surface area contributed by atoms with Crippen molar-refractivity contribution in [2.45, 2.75) is 38.6 Å². The molecule has 1 aromatic rings. The van der Waals surface area contributed by atoms with Crippen molar-refractivity contribution in [3.8, 4) is 0 Å². The third-order valence-corrected chi connectivity index (χ3v) is 3.97. The molecule has 0 bridgehead atoms. The Kier molecular flexibility index (Phi) is 5.81. The van der Waals surface area contributed by atoms with Crippen molar-refractivity contribution in [3.05, 3.63) is 28.8 Å². The Hall–Kier alpha value is -0.210. The van der Waals surface area contributed by atoms with Crippen LogP contribution in [0.4, 0.5) is 5.69 Å². The molecular formula is C14H21BrClN. The predicted octanol–water partition coefficient (Wildman–Crippen LogP) is 5.11. The van der Waals surface area contributed by atoms with E-state index in [1.165, 1.54) is 12.0 Å². The summed E-state index contributed by atoms with van der Waals surface area (Å²) in [6.07, 6.45) is 1.17. The monoisotopic (exact) mass is 317 g/mol. The maximum absolute atomic E-state index is 6.32. The summed E-state index contributed by atoms with van der Waals surface area (Å²) < 4.78 is 0. The van der Waals surface area contributed by atoms with Crippen LogP contribution in [-0.4, -0.2) is 13.1 Å². The predicted molar refractivity (Wildman–Crippen MR) is 81.4 cm³/mol. The highest BCUT2D eigenvalue weighted by molar-refractivity contribution is 9.08. The first kappa shape index (κ1) is 14.8. The van der Waals surface area contributed by atoms with Gasteiger partial charge in [-0.15, -0.1) is 0 Å². The number of hydrogen-bond acceptors (Lipinski definition) is 1. The Bertz CT molecular complexity index is 365. The van der Waals surface area contributed by atoms with Gasteiger partial charge in [0.25, 0.3) is 0 Å². The molecule has 17 heavy (non-hydrogen) atoms. The molecule has 1 unspecified atom stereocenters. The van der Waals surface area contributed by atoms with Crippen LogP contribution >= 0.6 is 27.5 Å². The largest absolute Gasteiger partial charge is 0.371 e. The second kappa shape index (κ2) is 6.65. The van der Waals surface area contributed by atoms with E-state index in [0.29, 0.717) is 12.0 Å². The fraction of sp³-hybridized carbons (Fsp3) is 0.571. The lowest BCUT2D eigenvalue weighted by molar-refractivity contribution is 0.504. The van der Waals surface area contributed by atoms with Crippen LogP contribution < -0.4 is 4.90 Å². The molecule has 0 spiro atoms. The normalized spacial score (nSPS) is 12.9. The van der Waals surface area contributed by atoms with Gasteiger partial charge in [0.05, 0.1) is 10.7 Å². The van der Waals surface area contributed by atoms with Crippen LogP contribution in [0.25, 0.3) is 0 Å². The SMILES string of the molecule is CC(C)CC(C)N(C)c1ccc(CBr)cc1Cl. The molecule has 0 N–H and O–H groups in total. The van der Waals surface area contributed by atoms with Gasteiger partial charge in [0.15, 0.2) is 0 Å². The fourth-order valence-electron chi connectivity index (χ4n) is 2.00. The summed E-state index contributed by atoms with van der Waals surface area (Å²) in [6.45, 7) is 6.74. The van der Waals surface area contributed by atoms with Crippen molar-refractivity contribution in [1.29, 1.82) is 0 Å². The summed E-state index contributed by atoms with van der Waals surface area (Å²) in [7, 11) is 2.11. The first-order valence-electron chi connectivity index (χ1n) is 6.03. The van der Waals surface area contributed by atoms with Gasteiger partial charge >= 0.3 is 0 Å². The van der Waals surface area contributed by atoms with E-state index in [9.17, 15) is 0 Å². The van der Waals surface area contributed by atoms with Crippen molar-refractivity contribution in [3.63, 3.8) is 0 Å². The van der Waals surface area contributed by atoms with Gasteiger partial charge in [0.1, 0.15) is 0 Å². The number of halogens is 2. The Labute approximate surface area is 118 Å². The lowest BCUT2D eigenvalue weighted by Gasteiger charge is -2.29. The molecule has 0 aliphatic carbocycles. The van der Waals surface area contributed by atoms with Gasteiger partial charge in [0.2, 0.25) is 0 Å². The smallest absolute Gasteiger partial charge is 0.0642 e. The topological polar surface area (TPSA) is 3.24 Å². The van der Waals surface area contributed by atoms with E-state index < -0.39 is 0 Å². The summed E-state index contributed by atoms with van der Waals surface area (Å²) in [6, 6.07) is 6.76. The van der Waals surface area contributed by atoms with Crippen LogP contribution in [0.15, 0.2) is 18.2 Å². The van der Waals surface area contributed by atoms with Gasteiger partial charge in [-0.3, -0.25) is 0 Å². The van der Waals surface area contributed by atoms with Crippen LogP contribution in [0.1, 0.15) is 32.8 Å². The quantitative estimate of drug-likeness (QED) is 0.682. The highest BCUT2D eigenvalue weighted by Crippen LogP contribution is 2.29. The minimum atomic E-state index is 0.502. The second-order valence-corrected chi connectivity index (χ2v) is 5.98. The lowest BCUT2D eigenvalue weighted by Crippen LogP contribution is -2.30. The molecule has 0 aliphatic rings. The highest BCUT2D eigenvalue weighted by Gasteiger charge is 2.14. The molecule has 1 rings (SSSR count). The molecule has 0 saturated heterocycles. The standard InChI is InChI=1S/C14H21BrClN/c1-10(2)7-11(3)17(4)14-6-5-12(9-15)8-13(14)16/h5-6,8,10-11H,7,9H2,1-4H3. The first-order valence-corrected chi connectivity index (χ1v) is 7.52. The third kappa shape index (κ3) is 4.18. The molecule has 3 heteroatoms. The zero-order valence-corrected chi connectivity index (χ0v) is 13.3. The van der Waals surface area contributed by atoms with Gasteiger partial charge in [-0.05, 0) is 37.0 Å².